The lowest BCUT2D eigenvalue weighted by atomic mass is 10.2. The summed E-state index contributed by atoms with van der Waals surface area (Å²) >= 11 is 0. The fraction of sp³-hybridized carbons (Fsp3) is 0.211. The summed E-state index contributed by atoms with van der Waals surface area (Å²) in [6, 6.07) is 14.4. The van der Waals surface area contributed by atoms with Crippen LogP contribution in [-0.2, 0) is 16.0 Å². The zero-order valence-electron chi connectivity index (χ0n) is 14.6. The first-order valence-electron chi connectivity index (χ1n) is 8.57. The molecule has 3 aromatic rings. The molecule has 27 heavy (non-hydrogen) atoms. The molecule has 0 bridgehead atoms. The first-order chi connectivity index (χ1) is 13.1. The molecule has 0 fully saturated rings. The van der Waals surface area contributed by atoms with Crippen molar-refractivity contribution in [3.05, 3.63) is 66.0 Å². The fourth-order valence-corrected chi connectivity index (χ4v) is 3.10. The van der Waals surface area contributed by atoms with Crippen molar-refractivity contribution in [3.8, 4) is 5.69 Å². The number of anilines is 1. The first kappa shape index (κ1) is 16.9. The molecule has 1 amide bonds. The maximum atomic E-state index is 12.7. The van der Waals surface area contributed by atoms with E-state index in [-0.39, 0.29) is 5.91 Å². The van der Waals surface area contributed by atoms with Gasteiger partial charge in [-0.1, -0.05) is 18.2 Å². The number of ether oxygens (including phenoxy) is 1. The molecule has 8 nitrogen and oxygen atoms in total. The van der Waals surface area contributed by atoms with Gasteiger partial charge >= 0.3 is 5.97 Å². The molecule has 1 aromatic heterocycles. The summed E-state index contributed by atoms with van der Waals surface area (Å²) in [4.78, 5) is 26.8. The second-order valence-electron chi connectivity index (χ2n) is 6.22. The van der Waals surface area contributed by atoms with Gasteiger partial charge in [0.2, 0.25) is 0 Å². The largest absolute Gasteiger partial charge is 0.449 e. The number of amides is 1. The minimum Gasteiger partial charge on any atom is -0.449 e. The van der Waals surface area contributed by atoms with E-state index in [1.165, 1.54) is 11.0 Å². The average Bonchev–Trinajstić information content (AvgIpc) is 3.37. The Morgan fingerprint density at radius 2 is 1.89 bits per heavy atom. The van der Waals surface area contributed by atoms with E-state index in [2.05, 4.69) is 15.5 Å². The van der Waals surface area contributed by atoms with Crippen molar-refractivity contribution in [1.29, 1.82) is 0 Å². The monoisotopic (exact) mass is 363 g/mol. The molecule has 0 spiro atoms. The van der Waals surface area contributed by atoms with Crippen LogP contribution >= 0.6 is 0 Å². The van der Waals surface area contributed by atoms with Crippen LogP contribution in [0, 0.1) is 0 Å². The van der Waals surface area contributed by atoms with E-state index in [0.717, 1.165) is 17.7 Å². The summed E-state index contributed by atoms with van der Waals surface area (Å²) in [5, 5.41) is 10.9. The minimum atomic E-state index is -0.872. The highest BCUT2D eigenvalue weighted by molar-refractivity contribution is 6.00. The number of tetrazole rings is 1. The Bertz CT molecular complexity index is 969. The van der Waals surface area contributed by atoms with Gasteiger partial charge in [0.15, 0.2) is 6.10 Å². The van der Waals surface area contributed by atoms with Crippen LogP contribution in [0.4, 0.5) is 5.69 Å². The number of carbonyl (C=O) groups is 2. The van der Waals surface area contributed by atoms with Gasteiger partial charge in [-0.25, -0.2) is 9.48 Å². The quantitative estimate of drug-likeness (QED) is 0.657. The van der Waals surface area contributed by atoms with Gasteiger partial charge < -0.3 is 9.64 Å². The molecule has 0 unspecified atom stereocenters. The maximum Gasteiger partial charge on any atom is 0.338 e. The van der Waals surface area contributed by atoms with Gasteiger partial charge in [-0.15, -0.1) is 5.10 Å². The van der Waals surface area contributed by atoms with Gasteiger partial charge in [-0.2, -0.15) is 0 Å². The van der Waals surface area contributed by atoms with Gasteiger partial charge in [-0.3, -0.25) is 4.79 Å². The topological polar surface area (TPSA) is 90.2 Å². The van der Waals surface area contributed by atoms with E-state index >= 15 is 0 Å². The molecule has 136 valence electrons. The van der Waals surface area contributed by atoms with E-state index in [1.54, 1.807) is 36.1 Å². The number of hydrogen-bond donors (Lipinski definition) is 0. The van der Waals surface area contributed by atoms with Crippen molar-refractivity contribution < 1.29 is 14.3 Å². The number of rotatable bonds is 4. The predicted molar refractivity (Wildman–Crippen MR) is 96.5 cm³/mol. The van der Waals surface area contributed by atoms with E-state index in [9.17, 15) is 9.59 Å². The standard InChI is InChI=1S/C19H17N5O3/c1-13(18(25)23-11-10-14-4-2-3-5-17(14)23)27-19(26)15-6-8-16(9-7-15)24-12-20-21-22-24/h2-9,12-13H,10-11H2,1H3/t13-/m0/s1. The number of nitrogens with zero attached hydrogens (tertiary/aromatic N) is 5. The van der Waals surface area contributed by atoms with E-state index in [0.29, 0.717) is 17.8 Å². The van der Waals surface area contributed by atoms with Crippen molar-refractivity contribution >= 4 is 17.6 Å². The zero-order chi connectivity index (χ0) is 18.8. The Morgan fingerprint density at radius 1 is 1.11 bits per heavy atom. The van der Waals surface area contributed by atoms with Crippen molar-refractivity contribution in [2.45, 2.75) is 19.4 Å². The third kappa shape index (κ3) is 3.29. The normalized spacial score (nSPS) is 13.9. The minimum absolute atomic E-state index is 0.224. The van der Waals surface area contributed by atoms with Gasteiger partial charge in [-0.05, 0) is 59.7 Å². The summed E-state index contributed by atoms with van der Waals surface area (Å²) in [6.07, 6.45) is 1.39. The van der Waals surface area contributed by atoms with E-state index < -0.39 is 12.1 Å². The van der Waals surface area contributed by atoms with Crippen LogP contribution in [0.5, 0.6) is 0 Å². The number of carbonyl (C=O) groups excluding carboxylic acids is 2. The highest BCUT2D eigenvalue weighted by Gasteiger charge is 2.29. The van der Waals surface area contributed by atoms with Crippen LogP contribution in [0.3, 0.4) is 0 Å². The summed E-state index contributed by atoms with van der Waals surface area (Å²) in [5.41, 5.74) is 3.08. The van der Waals surface area contributed by atoms with Crippen LogP contribution in [0.1, 0.15) is 22.8 Å². The number of benzene rings is 2. The third-order valence-electron chi connectivity index (χ3n) is 4.50. The van der Waals surface area contributed by atoms with Crippen molar-refractivity contribution in [1.82, 2.24) is 20.2 Å². The summed E-state index contributed by atoms with van der Waals surface area (Å²) in [6.45, 7) is 2.19. The highest BCUT2D eigenvalue weighted by Crippen LogP contribution is 2.28. The van der Waals surface area contributed by atoms with Crippen LogP contribution in [0.25, 0.3) is 5.69 Å². The van der Waals surface area contributed by atoms with Crippen LogP contribution in [0.2, 0.25) is 0 Å². The molecule has 2 heterocycles. The molecule has 8 heteroatoms. The van der Waals surface area contributed by atoms with Crippen LogP contribution in [0.15, 0.2) is 54.9 Å². The van der Waals surface area contributed by atoms with Gasteiger partial charge in [0.05, 0.1) is 11.3 Å². The van der Waals surface area contributed by atoms with Gasteiger partial charge in [0, 0.05) is 12.2 Å². The lowest BCUT2D eigenvalue weighted by Crippen LogP contribution is -2.39. The molecule has 0 aliphatic carbocycles. The Morgan fingerprint density at radius 3 is 2.63 bits per heavy atom. The highest BCUT2D eigenvalue weighted by atomic mass is 16.5. The molecule has 1 aliphatic rings. The molecule has 0 N–H and O–H groups in total. The second-order valence-corrected chi connectivity index (χ2v) is 6.22. The van der Waals surface area contributed by atoms with Crippen molar-refractivity contribution in [2.75, 3.05) is 11.4 Å². The number of esters is 1. The SMILES string of the molecule is C[C@H](OC(=O)c1ccc(-n2cnnn2)cc1)C(=O)N1CCc2ccccc21. The predicted octanol–water partition coefficient (Wildman–Crippen LogP) is 1.80. The second kappa shape index (κ2) is 6.99. The first-order valence-corrected chi connectivity index (χ1v) is 8.57. The Hall–Kier alpha value is -3.55. The average molecular weight is 363 g/mol. The Labute approximate surface area is 155 Å². The number of para-hydroxylation sites is 1. The number of hydrogen-bond acceptors (Lipinski definition) is 6. The van der Waals surface area contributed by atoms with Crippen LogP contribution in [-0.4, -0.2) is 44.7 Å². The van der Waals surface area contributed by atoms with Gasteiger partial charge in [0.1, 0.15) is 6.33 Å². The molecule has 1 aliphatic heterocycles. The fourth-order valence-electron chi connectivity index (χ4n) is 3.10. The molecular formula is C19H17N5O3. The zero-order valence-corrected chi connectivity index (χ0v) is 14.6. The summed E-state index contributed by atoms with van der Waals surface area (Å²) < 4.78 is 6.86. The summed E-state index contributed by atoms with van der Waals surface area (Å²) in [5.74, 6) is -0.773. The number of aromatic nitrogens is 4. The molecule has 0 saturated carbocycles. The molecule has 2 aromatic carbocycles. The molecule has 0 saturated heterocycles. The molecular weight excluding hydrogens is 346 g/mol. The van der Waals surface area contributed by atoms with Gasteiger partial charge in [0.25, 0.3) is 5.91 Å². The maximum absolute atomic E-state index is 12.7. The van der Waals surface area contributed by atoms with Crippen molar-refractivity contribution in [3.63, 3.8) is 0 Å². The Balaban J connectivity index is 1.43. The molecule has 4 rings (SSSR count). The number of fused-ring (bicyclic) bond motifs is 1. The van der Waals surface area contributed by atoms with Crippen LogP contribution < -0.4 is 4.90 Å². The lowest BCUT2D eigenvalue weighted by molar-refractivity contribution is -0.126. The van der Waals surface area contributed by atoms with E-state index in [4.69, 9.17) is 4.74 Å². The smallest absolute Gasteiger partial charge is 0.338 e. The Kier molecular flexibility index (Phi) is 4.37. The molecule has 1 atom stereocenters. The summed E-state index contributed by atoms with van der Waals surface area (Å²) in [7, 11) is 0. The van der Waals surface area contributed by atoms with Crippen molar-refractivity contribution in [2.24, 2.45) is 0 Å². The van der Waals surface area contributed by atoms with E-state index in [1.807, 2.05) is 24.3 Å². The lowest BCUT2D eigenvalue weighted by Gasteiger charge is -2.21. The molecule has 0 radical (unpaired) electrons. The third-order valence-corrected chi connectivity index (χ3v) is 4.50.